The highest BCUT2D eigenvalue weighted by Crippen LogP contribution is 2.31. The molecule has 108 valence electrons. The zero-order valence-electron chi connectivity index (χ0n) is 11.0. The van der Waals surface area contributed by atoms with E-state index in [0.717, 1.165) is 25.3 Å². The molecular weight excluding hydrogens is 269 g/mol. The number of anilines is 1. The standard InChI is InChI=1S/C13H15F3N4/c1-8-2-3-9(6-8)18-12-10-7-11(13(14,15)16)19-20(10)5-4-17-12/h4-5,7-9H,2-3,6H2,1H3,(H,17,18). The second-order valence-corrected chi connectivity index (χ2v) is 5.39. The van der Waals surface area contributed by atoms with Gasteiger partial charge in [-0.15, -0.1) is 0 Å². The number of nitrogens with one attached hydrogen (secondary N) is 1. The molecule has 0 bridgehead atoms. The molecule has 0 saturated heterocycles. The lowest BCUT2D eigenvalue weighted by atomic mass is 10.1. The van der Waals surface area contributed by atoms with Gasteiger partial charge in [0, 0.05) is 24.5 Å². The molecule has 0 aromatic carbocycles. The number of alkyl halides is 3. The Balaban J connectivity index is 1.93. The average Bonchev–Trinajstić information content (AvgIpc) is 2.95. The predicted molar refractivity (Wildman–Crippen MR) is 68.4 cm³/mol. The van der Waals surface area contributed by atoms with Gasteiger partial charge in [-0.2, -0.15) is 18.3 Å². The Labute approximate surface area is 114 Å². The molecule has 1 fully saturated rings. The van der Waals surface area contributed by atoms with E-state index >= 15 is 0 Å². The fourth-order valence-electron chi connectivity index (χ4n) is 2.70. The number of hydrogen-bond acceptors (Lipinski definition) is 3. The number of aromatic nitrogens is 3. The summed E-state index contributed by atoms with van der Waals surface area (Å²) >= 11 is 0. The maximum Gasteiger partial charge on any atom is 0.435 e. The van der Waals surface area contributed by atoms with Crippen LogP contribution in [0.15, 0.2) is 18.5 Å². The lowest BCUT2D eigenvalue weighted by molar-refractivity contribution is -0.141. The van der Waals surface area contributed by atoms with Crippen molar-refractivity contribution in [3.63, 3.8) is 0 Å². The lowest BCUT2D eigenvalue weighted by Crippen LogP contribution is -2.16. The summed E-state index contributed by atoms with van der Waals surface area (Å²) in [6.07, 6.45) is 1.61. The third kappa shape index (κ3) is 2.44. The Morgan fingerprint density at radius 2 is 2.15 bits per heavy atom. The van der Waals surface area contributed by atoms with E-state index in [1.807, 2.05) is 0 Å². The van der Waals surface area contributed by atoms with Crippen molar-refractivity contribution < 1.29 is 13.2 Å². The molecule has 1 N–H and O–H groups in total. The molecule has 1 aliphatic rings. The van der Waals surface area contributed by atoms with Crippen LogP contribution in [0.3, 0.4) is 0 Å². The van der Waals surface area contributed by atoms with E-state index in [1.54, 1.807) is 0 Å². The Bertz CT molecular complexity index is 620. The first-order valence-corrected chi connectivity index (χ1v) is 6.61. The van der Waals surface area contributed by atoms with Crippen LogP contribution >= 0.6 is 0 Å². The maximum atomic E-state index is 12.7. The molecular formula is C13H15F3N4. The van der Waals surface area contributed by atoms with E-state index in [-0.39, 0.29) is 6.04 Å². The van der Waals surface area contributed by atoms with E-state index in [0.29, 0.717) is 17.3 Å². The number of nitrogens with zero attached hydrogens (tertiary/aromatic N) is 3. The molecule has 4 nitrogen and oxygen atoms in total. The molecule has 1 saturated carbocycles. The molecule has 0 amide bonds. The summed E-state index contributed by atoms with van der Waals surface area (Å²) in [6, 6.07) is 1.31. The summed E-state index contributed by atoms with van der Waals surface area (Å²) in [7, 11) is 0. The SMILES string of the molecule is CC1CCC(Nc2nccn3nc(C(F)(F)F)cc23)C1. The van der Waals surface area contributed by atoms with E-state index < -0.39 is 11.9 Å². The van der Waals surface area contributed by atoms with Gasteiger partial charge in [0.05, 0.1) is 0 Å². The van der Waals surface area contributed by atoms with Crippen molar-refractivity contribution in [3.8, 4) is 0 Å². The van der Waals surface area contributed by atoms with Crippen LogP contribution in [-0.2, 0) is 6.18 Å². The molecule has 2 aromatic rings. The maximum absolute atomic E-state index is 12.7. The minimum Gasteiger partial charge on any atom is -0.366 e. The molecule has 2 aromatic heterocycles. The second kappa shape index (κ2) is 4.64. The predicted octanol–water partition coefficient (Wildman–Crippen LogP) is 3.35. The smallest absolute Gasteiger partial charge is 0.366 e. The van der Waals surface area contributed by atoms with Gasteiger partial charge in [0.25, 0.3) is 0 Å². The molecule has 2 unspecified atom stereocenters. The fraction of sp³-hybridized carbons (Fsp3) is 0.538. The fourth-order valence-corrected chi connectivity index (χ4v) is 2.70. The van der Waals surface area contributed by atoms with Crippen molar-refractivity contribution in [2.24, 2.45) is 5.92 Å². The molecule has 0 radical (unpaired) electrons. The molecule has 20 heavy (non-hydrogen) atoms. The number of fused-ring (bicyclic) bond motifs is 1. The van der Waals surface area contributed by atoms with Gasteiger partial charge in [-0.1, -0.05) is 6.92 Å². The summed E-state index contributed by atoms with van der Waals surface area (Å²) in [6.45, 7) is 2.18. The topological polar surface area (TPSA) is 42.2 Å². The Morgan fingerprint density at radius 3 is 2.80 bits per heavy atom. The van der Waals surface area contributed by atoms with Crippen molar-refractivity contribution in [2.45, 2.75) is 38.4 Å². The zero-order valence-corrected chi connectivity index (χ0v) is 11.0. The summed E-state index contributed by atoms with van der Waals surface area (Å²) in [5, 5.41) is 6.79. The van der Waals surface area contributed by atoms with Crippen LogP contribution in [0.5, 0.6) is 0 Å². The van der Waals surface area contributed by atoms with Gasteiger partial charge in [0.15, 0.2) is 11.5 Å². The van der Waals surface area contributed by atoms with Crippen LogP contribution in [0, 0.1) is 5.92 Å². The highest BCUT2D eigenvalue weighted by molar-refractivity contribution is 5.68. The van der Waals surface area contributed by atoms with Gasteiger partial charge in [-0.3, -0.25) is 0 Å². The largest absolute Gasteiger partial charge is 0.435 e. The molecule has 3 rings (SSSR count). The number of hydrogen-bond donors (Lipinski definition) is 1. The van der Waals surface area contributed by atoms with Crippen molar-refractivity contribution in [2.75, 3.05) is 5.32 Å². The van der Waals surface area contributed by atoms with Gasteiger partial charge in [0.2, 0.25) is 0 Å². The van der Waals surface area contributed by atoms with Crippen LogP contribution in [0.1, 0.15) is 31.9 Å². The van der Waals surface area contributed by atoms with E-state index in [9.17, 15) is 13.2 Å². The highest BCUT2D eigenvalue weighted by Gasteiger charge is 2.34. The van der Waals surface area contributed by atoms with Crippen molar-refractivity contribution in [1.82, 2.24) is 14.6 Å². The van der Waals surface area contributed by atoms with Crippen LogP contribution in [0.4, 0.5) is 19.0 Å². The summed E-state index contributed by atoms with van der Waals surface area (Å²) in [5.41, 5.74) is -0.535. The van der Waals surface area contributed by atoms with Gasteiger partial charge in [-0.25, -0.2) is 9.50 Å². The van der Waals surface area contributed by atoms with Crippen molar-refractivity contribution >= 4 is 11.3 Å². The van der Waals surface area contributed by atoms with Crippen LogP contribution in [0.25, 0.3) is 5.52 Å². The first-order chi connectivity index (χ1) is 9.43. The molecule has 0 aliphatic heterocycles. The first kappa shape index (κ1) is 13.2. The molecule has 1 aliphatic carbocycles. The normalized spacial score (nSPS) is 23.4. The minimum atomic E-state index is -4.44. The minimum absolute atomic E-state index is 0.271. The van der Waals surface area contributed by atoms with Crippen molar-refractivity contribution in [3.05, 3.63) is 24.2 Å². The Kier molecular flexibility index (Phi) is 3.07. The lowest BCUT2D eigenvalue weighted by Gasteiger charge is -2.13. The van der Waals surface area contributed by atoms with Gasteiger partial charge in [-0.05, 0) is 25.2 Å². The quantitative estimate of drug-likeness (QED) is 0.919. The van der Waals surface area contributed by atoms with Crippen molar-refractivity contribution in [1.29, 1.82) is 0 Å². The summed E-state index contributed by atoms with van der Waals surface area (Å²) in [5.74, 6) is 1.11. The van der Waals surface area contributed by atoms with Gasteiger partial charge in [0.1, 0.15) is 5.52 Å². The van der Waals surface area contributed by atoms with E-state index in [1.165, 1.54) is 16.9 Å². The number of rotatable bonds is 2. The van der Waals surface area contributed by atoms with Crippen LogP contribution < -0.4 is 5.32 Å². The molecule has 2 atom stereocenters. The van der Waals surface area contributed by atoms with Gasteiger partial charge >= 0.3 is 6.18 Å². The molecule has 7 heteroatoms. The van der Waals surface area contributed by atoms with Gasteiger partial charge < -0.3 is 5.32 Å². The summed E-state index contributed by atoms with van der Waals surface area (Å²) in [4.78, 5) is 4.15. The molecule has 2 heterocycles. The molecule has 0 spiro atoms. The van der Waals surface area contributed by atoms with E-state index in [4.69, 9.17) is 0 Å². The zero-order chi connectivity index (χ0) is 14.3. The second-order valence-electron chi connectivity index (χ2n) is 5.39. The Hall–Kier alpha value is -1.79. The average molecular weight is 284 g/mol. The van der Waals surface area contributed by atoms with E-state index in [2.05, 4.69) is 22.3 Å². The first-order valence-electron chi connectivity index (χ1n) is 6.61. The highest BCUT2D eigenvalue weighted by atomic mass is 19.4. The Morgan fingerprint density at radius 1 is 1.35 bits per heavy atom. The van der Waals surface area contributed by atoms with Crippen LogP contribution in [0.2, 0.25) is 0 Å². The van der Waals surface area contributed by atoms with Crippen LogP contribution in [-0.4, -0.2) is 20.6 Å². The summed E-state index contributed by atoms with van der Waals surface area (Å²) < 4.78 is 39.3. The third-order valence-corrected chi connectivity index (χ3v) is 3.72. The monoisotopic (exact) mass is 284 g/mol. The number of halogens is 3. The third-order valence-electron chi connectivity index (χ3n) is 3.72.